The first-order chi connectivity index (χ1) is 17.2. The van der Waals surface area contributed by atoms with Gasteiger partial charge in [0.1, 0.15) is 0 Å². The van der Waals surface area contributed by atoms with Gasteiger partial charge in [-0.1, -0.05) is 60.1 Å². The third kappa shape index (κ3) is 3.81. The average molecular weight is 517 g/mol. The van der Waals surface area contributed by atoms with Gasteiger partial charge in [-0.15, -0.1) is 0 Å². The van der Waals surface area contributed by atoms with Gasteiger partial charge in [0, 0.05) is 24.0 Å². The maximum atomic E-state index is 11.0. The van der Waals surface area contributed by atoms with E-state index < -0.39 is 11.5 Å². The Balaban J connectivity index is 1.53. The molecule has 4 nitrogen and oxygen atoms in total. The maximum absolute atomic E-state index is 11.0. The molecule has 0 bridgehead atoms. The molecule has 212 valence electrons. The first kappa shape index (κ1) is 28.1. The summed E-state index contributed by atoms with van der Waals surface area (Å²) in [7, 11) is 0. The van der Waals surface area contributed by atoms with Gasteiger partial charge >= 0.3 is 0 Å². The topological polar surface area (TPSA) is 69.9 Å². The number of fused-ring (bicyclic) bond motifs is 7. The van der Waals surface area contributed by atoms with Crippen LogP contribution in [0.25, 0.3) is 0 Å². The Bertz CT molecular complexity index is 912. The van der Waals surface area contributed by atoms with Crippen LogP contribution in [0.3, 0.4) is 0 Å². The van der Waals surface area contributed by atoms with E-state index in [4.69, 9.17) is 4.74 Å². The molecule has 0 aromatic rings. The highest BCUT2D eigenvalue weighted by Crippen LogP contribution is 2.75. The van der Waals surface area contributed by atoms with E-state index in [1.54, 1.807) is 5.57 Å². The number of ether oxygens (including phenoxy) is 1. The van der Waals surface area contributed by atoms with Crippen LogP contribution in [-0.4, -0.2) is 47.3 Å². The van der Waals surface area contributed by atoms with Crippen LogP contribution in [-0.2, 0) is 4.74 Å². The normalized spacial score (nSPS) is 52.8. The highest BCUT2D eigenvalue weighted by Gasteiger charge is 2.69. The van der Waals surface area contributed by atoms with Gasteiger partial charge in [-0.05, 0) is 104 Å². The molecule has 0 amide bonds. The highest BCUT2D eigenvalue weighted by molar-refractivity contribution is 5.34. The minimum Gasteiger partial charge on any atom is -0.396 e. The van der Waals surface area contributed by atoms with Crippen LogP contribution >= 0.6 is 0 Å². The number of aliphatic hydroxyl groups is 3. The molecule has 4 heteroatoms. The summed E-state index contributed by atoms with van der Waals surface area (Å²) in [4.78, 5) is 0. The number of allylic oxidation sites excluding steroid dienone is 2. The molecule has 5 rings (SSSR count). The fourth-order valence-electron chi connectivity index (χ4n) is 11.2. The monoisotopic (exact) mass is 516 g/mol. The van der Waals surface area contributed by atoms with Crippen molar-refractivity contribution in [3.8, 4) is 0 Å². The van der Waals surface area contributed by atoms with E-state index in [9.17, 15) is 15.3 Å². The first-order valence-corrected chi connectivity index (χ1v) is 15.4. The van der Waals surface area contributed by atoms with Gasteiger partial charge in [-0.2, -0.15) is 0 Å². The summed E-state index contributed by atoms with van der Waals surface area (Å²) < 4.78 is 6.57. The van der Waals surface area contributed by atoms with Crippen molar-refractivity contribution in [2.45, 2.75) is 125 Å². The predicted octanol–water partition coefficient (Wildman–Crippen LogP) is 6.52. The smallest absolute Gasteiger partial charge is 0.0639 e. The van der Waals surface area contributed by atoms with Gasteiger partial charge in [0.2, 0.25) is 0 Å². The van der Waals surface area contributed by atoms with Crippen molar-refractivity contribution in [2.75, 3.05) is 19.8 Å². The fourth-order valence-corrected chi connectivity index (χ4v) is 11.2. The SMILES string of the molecule is CC1(C)CC(OCCCO)C2(C)CCC3(C)C(=CCC4C5(C)CCC(O)C(C)(CO)C5CCC43C)C2C1. The third-order valence-electron chi connectivity index (χ3n) is 13.8. The van der Waals surface area contributed by atoms with Crippen molar-refractivity contribution < 1.29 is 20.1 Å². The van der Waals surface area contributed by atoms with Crippen LogP contribution in [0.1, 0.15) is 113 Å². The Morgan fingerprint density at radius 2 is 1.59 bits per heavy atom. The van der Waals surface area contributed by atoms with Gasteiger partial charge in [0.25, 0.3) is 0 Å². The van der Waals surface area contributed by atoms with Gasteiger partial charge in [-0.25, -0.2) is 0 Å². The summed E-state index contributed by atoms with van der Waals surface area (Å²) in [6.07, 6.45) is 13.4. The summed E-state index contributed by atoms with van der Waals surface area (Å²) in [5.74, 6) is 1.51. The molecule has 10 unspecified atom stereocenters. The molecule has 3 N–H and O–H groups in total. The molecule has 10 atom stereocenters. The van der Waals surface area contributed by atoms with E-state index in [1.807, 2.05) is 0 Å². The van der Waals surface area contributed by atoms with E-state index in [0.29, 0.717) is 24.4 Å². The van der Waals surface area contributed by atoms with Crippen molar-refractivity contribution in [1.82, 2.24) is 0 Å². The molecule has 0 aromatic heterocycles. The molecule has 4 saturated carbocycles. The van der Waals surface area contributed by atoms with Crippen LogP contribution in [0.5, 0.6) is 0 Å². The van der Waals surface area contributed by atoms with Crippen LogP contribution in [0.4, 0.5) is 0 Å². The third-order valence-corrected chi connectivity index (χ3v) is 13.8. The van der Waals surface area contributed by atoms with Gasteiger partial charge < -0.3 is 20.1 Å². The Kier molecular flexibility index (Phi) is 6.88. The van der Waals surface area contributed by atoms with Crippen LogP contribution in [0.15, 0.2) is 11.6 Å². The van der Waals surface area contributed by atoms with Crippen LogP contribution in [0.2, 0.25) is 0 Å². The number of aliphatic hydroxyl groups excluding tert-OH is 3. The summed E-state index contributed by atoms with van der Waals surface area (Å²) in [6.45, 7) is 18.2. The van der Waals surface area contributed by atoms with E-state index in [0.717, 1.165) is 38.5 Å². The van der Waals surface area contributed by atoms with Crippen LogP contribution in [0, 0.1) is 50.2 Å². The average Bonchev–Trinajstić information content (AvgIpc) is 2.83. The zero-order chi connectivity index (χ0) is 27.1. The van der Waals surface area contributed by atoms with Crippen molar-refractivity contribution in [3.63, 3.8) is 0 Å². The summed E-state index contributed by atoms with van der Waals surface area (Å²) in [5, 5.41) is 30.8. The van der Waals surface area contributed by atoms with E-state index >= 15 is 0 Å². The van der Waals surface area contributed by atoms with E-state index in [-0.39, 0.29) is 46.4 Å². The lowest BCUT2D eigenvalue weighted by atomic mass is 9.33. The van der Waals surface area contributed by atoms with Gasteiger partial charge in [-0.3, -0.25) is 0 Å². The lowest BCUT2D eigenvalue weighted by Gasteiger charge is -2.71. The molecular weight excluding hydrogens is 460 g/mol. The quantitative estimate of drug-likeness (QED) is 0.287. The zero-order valence-electron chi connectivity index (χ0n) is 24.9. The second kappa shape index (κ2) is 9.05. The Labute approximate surface area is 226 Å². The van der Waals surface area contributed by atoms with E-state index in [1.165, 1.54) is 25.7 Å². The summed E-state index contributed by atoms with van der Waals surface area (Å²) >= 11 is 0. The molecule has 0 spiro atoms. The molecule has 0 heterocycles. The lowest BCUT2D eigenvalue weighted by molar-refractivity contribution is -0.220. The molecular formula is C33H56O4. The molecule has 5 aliphatic rings. The lowest BCUT2D eigenvalue weighted by Crippen LogP contribution is -2.66. The van der Waals surface area contributed by atoms with Crippen molar-refractivity contribution in [3.05, 3.63) is 11.6 Å². The molecule has 37 heavy (non-hydrogen) atoms. The molecule has 4 fully saturated rings. The Morgan fingerprint density at radius 3 is 2.27 bits per heavy atom. The van der Waals surface area contributed by atoms with E-state index in [2.05, 4.69) is 54.5 Å². The van der Waals surface area contributed by atoms with Gasteiger partial charge in [0.05, 0.1) is 18.8 Å². The Hall–Kier alpha value is -0.420. The summed E-state index contributed by atoms with van der Waals surface area (Å²) in [5.41, 5.74) is 2.31. The fraction of sp³-hybridized carbons (Fsp3) is 0.939. The number of hydrogen-bond acceptors (Lipinski definition) is 4. The molecule has 0 aliphatic heterocycles. The number of hydrogen-bond donors (Lipinski definition) is 3. The molecule has 0 radical (unpaired) electrons. The minimum absolute atomic E-state index is 0.0867. The highest BCUT2D eigenvalue weighted by atomic mass is 16.5. The summed E-state index contributed by atoms with van der Waals surface area (Å²) in [6, 6.07) is 0. The molecule has 0 aromatic carbocycles. The molecule has 5 aliphatic carbocycles. The predicted molar refractivity (Wildman–Crippen MR) is 149 cm³/mol. The Morgan fingerprint density at radius 1 is 0.865 bits per heavy atom. The van der Waals surface area contributed by atoms with Crippen molar-refractivity contribution in [2.24, 2.45) is 50.2 Å². The first-order valence-electron chi connectivity index (χ1n) is 15.4. The maximum Gasteiger partial charge on any atom is 0.0639 e. The molecule has 0 saturated heterocycles. The van der Waals surface area contributed by atoms with Crippen molar-refractivity contribution >= 4 is 0 Å². The second-order valence-electron chi connectivity index (χ2n) is 16.1. The largest absolute Gasteiger partial charge is 0.396 e. The minimum atomic E-state index is -0.396. The van der Waals surface area contributed by atoms with Gasteiger partial charge in [0.15, 0.2) is 0 Å². The van der Waals surface area contributed by atoms with Crippen LogP contribution < -0.4 is 0 Å². The second-order valence-corrected chi connectivity index (χ2v) is 16.1. The number of rotatable bonds is 5. The standard InChI is InChI=1S/C33H56O4/c1-28(2)19-23-22-9-10-25-30(4)13-12-26(36)31(5,21-35)24(30)11-14-33(25,7)32(22,6)16-15-29(23,3)27(20-28)37-18-8-17-34/h9,23-27,34-36H,8,10-21H2,1-7H3. The zero-order valence-corrected chi connectivity index (χ0v) is 24.9. The van der Waals surface area contributed by atoms with Crippen molar-refractivity contribution in [1.29, 1.82) is 0 Å².